The van der Waals surface area contributed by atoms with Crippen LogP contribution in [0.4, 0.5) is 0 Å². The molecule has 0 bridgehead atoms. The summed E-state index contributed by atoms with van der Waals surface area (Å²) in [6, 6.07) is -1.85. The third-order valence-corrected chi connectivity index (χ3v) is 3.69. The zero-order valence-electron chi connectivity index (χ0n) is 7.66. The SMILES string of the molecule is Cl.N[C@@H](CSSC[C@H](N)C(=O)O)C(=O)O.[NaH].[NaH]. The van der Waals surface area contributed by atoms with Gasteiger partial charge in [0.25, 0.3) is 0 Å². The molecule has 0 aliphatic heterocycles. The number of halogens is 1. The topological polar surface area (TPSA) is 127 Å². The van der Waals surface area contributed by atoms with Crippen LogP contribution in [0.1, 0.15) is 0 Å². The van der Waals surface area contributed by atoms with Gasteiger partial charge in [-0.1, -0.05) is 21.6 Å². The van der Waals surface area contributed by atoms with Crippen molar-refractivity contribution in [2.75, 3.05) is 11.5 Å². The van der Waals surface area contributed by atoms with E-state index in [2.05, 4.69) is 0 Å². The second-order valence-corrected chi connectivity index (χ2v) is 5.01. The number of hydrogen-bond acceptors (Lipinski definition) is 6. The van der Waals surface area contributed by atoms with Crippen LogP contribution in [0, 0.1) is 0 Å². The summed E-state index contributed by atoms with van der Waals surface area (Å²) in [6.45, 7) is 0. The molecule has 0 aliphatic rings. The number of carboxylic acids is 2. The summed E-state index contributed by atoms with van der Waals surface area (Å²) in [5.74, 6) is -1.68. The van der Waals surface area contributed by atoms with E-state index in [-0.39, 0.29) is 83.0 Å². The Morgan fingerprint density at radius 2 is 1.18 bits per heavy atom. The third-order valence-electron chi connectivity index (χ3n) is 1.21. The van der Waals surface area contributed by atoms with Crippen molar-refractivity contribution in [1.82, 2.24) is 0 Å². The quantitative estimate of drug-likeness (QED) is 0.248. The molecular formula is C6H15ClN2Na2O4S2. The van der Waals surface area contributed by atoms with Crippen molar-refractivity contribution >= 4 is 105 Å². The van der Waals surface area contributed by atoms with Gasteiger partial charge in [0.05, 0.1) is 0 Å². The first-order valence-electron chi connectivity index (χ1n) is 3.66. The first kappa shape index (κ1) is 27.2. The zero-order chi connectivity index (χ0) is 11.1. The second kappa shape index (κ2) is 15.9. The van der Waals surface area contributed by atoms with Crippen LogP contribution in [-0.4, -0.2) is 105 Å². The number of hydrogen-bond donors (Lipinski definition) is 4. The maximum atomic E-state index is 10.3. The Balaban J connectivity index is -0.000000282. The molecule has 0 rings (SSSR count). The molecular weight excluding hydrogens is 310 g/mol. The van der Waals surface area contributed by atoms with E-state index in [1.54, 1.807) is 0 Å². The molecule has 0 heterocycles. The van der Waals surface area contributed by atoms with Gasteiger partial charge in [-0.2, -0.15) is 0 Å². The van der Waals surface area contributed by atoms with Crippen LogP contribution in [0.5, 0.6) is 0 Å². The fourth-order valence-corrected chi connectivity index (χ4v) is 2.61. The molecule has 2 atom stereocenters. The van der Waals surface area contributed by atoms with Gasteiger partial charge in [-0.3, -0.25) is 9.59 Å². The molecule has 6 N–H and O–H groups in total. The number of carbonyl (C=O) groups is 2. The van der Waals surface area contributed by atoms with Crippen molar-refractivity contribution in [1.29, 1.82) is 0 Å². The summed E-state index contributed by atoms with van der Waals surface area (Å²) in [5.41, 5.74) is 10.4. The van der Waals surface area contributed by atoms with E-state index in [0.29, 0.717) is 0 Å². The van der Waals surface area contributed by atoms with Crippen LogP contribution in [-0.2, 0) is 9.59 Å². The van der Waals surface area contributed by atoms with E-state index in [1.165, 1.54) is 21.6 Å². The number of rotatable bonds is 7. The van der Waals surface area contributed by atoms with Crippen molar-refractivity contribution in [3.63, 3.8) is 0 Å². The first-order valence-corrected chi connectivity index (χ1v) is 6.15. The summed E-state index contributed by atoms with van der Waals surface area (Å²) in [7, 11) is 2.41. The summed E-state index contributed by atoms with van der Waals surface area (Å²) >= 11 is 0. The fraction of sp³-hybridized carbons (Fsp3) is 0.667. The monoisotopic (exact) mass is 324 g/mol. The fourth-order valence-electron chi connectivity index (χ4n) is 0.385. The van der Waals surface area contributed by atoms with Crippen LogP contribution >= 0.6 is 34.0 Å². The molecule has 0 radical (unpaired) electrons. The third kappa shape index (κ3) is 15.8. The molecule has 0 fully saturated rings. The Morgan fingerprint density at radius 3 is 1.35 bits per heavy atom. The Hall–Kier alpha value is 1.85. The molecule has 0 aromatic heterocycles. The van der Waals surface area contributed by atoms with Gasteiger partial charge in [0.1, 0.15) is 12.1 Å². The van der Waals surface area contributed by atoms with Gasteiger partial charge in [0, 0.05) is 11.5 Å². The molecule has 0 amide bonds. The Bertz CT molecular complexity index is 206. The summed E-state index contributed by atoms with van der Waals surface area (Å²) in [5, 5.41) is 16.8. The molecule has 17 heavy (non-hydrogen) atoms. The van der Waals surface area contributed by atoms with Crippen LogP contribution in [0.2, 0.25) is 0 Å². The van der Waals surface area contributed by atoms with E-state index >= 15 is 0 Å². The van der Waals surface area contributed by atoms with Crippen molar-refractivity contribution < 1.29 is 19.8 Å². The molecule has 94 valence electrons. The molecule has 0 aromatic rings. The van der Waals surface area contributed by atoms with Crippen LogP contribution in [0.15, 0.2) is 0 Å². The summed E-state index contributed by atoms with van der Waals surface area (Å²) in [6.07, 6.45) is 0. The van der Waals surface area contributed by atoms with Crippen molar-refractivity contribution in [3.8, 4) is 0 Å². The molecule has 0 aliphatic carbocycles. The molecule has 0 saturated heterocycles. The van der Waals surface area contributed by atoms with Gasteiger partial charge in [-0.15, -0.1) is 12.4 Å². The van der Waals surface area contributed by atoms with Gasteiger partial charge < -0.3 is 21.7 Å². The predicted molar refractivity (Wildman–Crippen MR) is 77.7 cm³/mol. The van der Waals surface area contributed by atoms with E-state index < -0.39 is 24.0 Å². The van der Waals surface area contributed by atoms with E-state index in [0.717, 1.165) is 0 Å². The molecule has 0 unspecified atom stereocenters. The van der Waals surface area contributed by atoms with Crippen LogP contribution in [0.25, 0.3) is 0 Å². The minimum absolute atomic E-state index is 0. The Labute approximate surface area is 158 Å². The van der Waals surface area contributed by atoms with Gasteiger partial charge in [-0.25, -0.2) is 0 Å². The van der Waals surface area contributed by atoms with Gasteiger partial charge in [0.15, 0.2) is 0 Å². The standard InChI is InChI=1S/C6H12N2O4S2.ClH.2Na.2H/c7-3(5(9)10)1-13-14-2-4(8)6(11)12;;;;;/h3-4H,1-2,7-8H2,(H,9,10)(H,11,12);1H;;;;/t3-,4-;;;;;/m0...../s1. The Kier molecular flexibility index (Phi) is 25.5. The number of nitrogens with two attached hydrogens (primary N) is 2. The normalized spacial score (nSPS) is 12.1. The summed E-state index contributed by atoms with van der Waals surface area (Å²) < 4.78 is 0. The van der Waals surface area contributed by atoms with Crippen molar-refractivity contribution in [2.24, 2.45) is 11.5 Å². The van der Waals surface area contributed by atoms with Gasteiger partial charge >= 0.3 is 71.1 Å². The zero-order valence-corrected chi connectivity index (χ0v) is 10.1. The van der Waals surface area contributed by atoms with E-state index in [9.17, 15) is 9.59 Å². The second-order valence-electron chi connectivity index (χ2n) is 2.46. The minimum atomic E-state index is -1.07. The average Bonchev–Trinajstić information content (AvgIpc) is 2.11. The van der Waals surface area contributed by atoms with Crippen LogP contribution in [0.3, 0.4) is 0 Å². The van der Waals surface area contributed by atoms with Crippen LogP contribution < -0.4 is 11.5 Å². The summed E-state index contributed by atoms with van der Waals surface area (Å²) in [4.78, 5) is 20.5. The average molecular weight is 325 g/mol. The molecule has 0 saturated carbocycles. The predicted octanol–water partition coefficient (Wildman–Crippen LogP) is -1.68. The Morgan fingerprint density at radius 1 is 0.941 bits per heavy atom. The molecule has 6 nitrogen and oxygen atoms in total. The van der Waals surface area contributed by atoms with Gasteiger partial charge in [-0.05, 0) is 0 Å². The number of aliphatic carboxylic acids is 2. The number of carboxylic acid groups (broad SMARTS) is 2. The molecule has 11 heteroatoms. The first-order chi connectivity index (χ1) is 6.45. The van der Waals surface area contributed by atoms with Gasteiger partial charge in [0.2, 0.25) is 0 Å². The maximum absolute atomic E-state index is 10.3. The van der Waals surface area contributed by atoms with Crippen molar-refractivity contribution in [2.45, 2.75) is 12.1 Å². The van der Waals surface area contributed by atoms with Crippen molar-refractivity contribution in [3.05, 3.63) is 0 Å². The van der Waals surface area contributed by atoms with E-state index in [4.69, 9.17) is 21.7 Å². The molecule has 0 aromatic carbocycles. The van der Waals surface area contributed by atoms with E-state index in [1.807, 2.05) is 0 Å². The molecule has 0 spiro atoms.